The summed E-state index contributed by atoms with van der Waals surface area (Å²) in [6.45, 7) is 6.77. The summed E-state index contributed by atoms with van der Waals surface area (Å²) in [5.41, 5.74) is 9.87. The van der Waals surface area contributed by atoms with E-state index < -0.39 is 0 Å². The van der Waals surface area contributed by atoms with Crippen LogP contribution < -0.4 is 0 Å². The lowest BCUT2D eigenvalue weighted by molar-refractivity contribution is 1.17. The number of hydrogen-bond donors (Lipinski definition) is 0. The van der Waals surface area contributed by atoms with Gasteiger partial charge >= 0.3 is 0 Å². The number of aromatic nitrogens is 2. The zero-order chi connectivity index (χ0) is 30.3. The van der Waals surface area contributed by atoms with Crippen molar-refractivity contribution in [2.45, 2.75) is 6.92 Å². The number of hydrogen-bond acceptors (Lipinski definition) is 1. The van der Waals surface area contributed by atoms with Crippen molar-refractivity contribution in [2.24, 2.45) is 4.99 Å². The van der Waals surface area contributed by atoms with E-state index in [2.05, 4.69) is 168 Å². The van der Waals surface area contributed by atoms with Crippen LogP contribution in [0, 0.1) is 0 Å². The molecule has 0 atom stereocenters. The van der Waals surface area contributed by atoms with Gasteiger partial charge in [0.15, 0.2) is 0 Å². The Morgan fingerprint density at radius 3 is 1.84 bits per heavy atom. The molecule has 0 radical (unpaired) electrons. The molecule has 6 aromatic carbocycles. The predicted octanol–water partition coefficient (Wildman–Crippen LogP) is 10.9. The first-order valence-corrected chi connectivity index (χ1v) is 15.3. The summed E-state index contributed by atoms with van der Waals surface area (Å²) in [5.74, 6) is 0.668. The van der Waals surface area contributed by atoms with Crippen LogP contribution in [0.1, 0.15) is 18.1 Å². The van der Waals surface area contributed by atoms with E-state index in [0.29, 0.717) is 5.82 Å². The molecule has 214 valence electrons. The summed E-state index contributed by atoms with van der Waals surface area (Å²) < 4.78 is 4.61. The Hall–Kier alpha value is -5.93. The van der Waals surface area contributed by atoms with Gasteiger partial charge in [-0.1, -0.05) is 128 Å². The second kappa shape index (κ2) is 11.0. The van der Waals surface area contributed by atoms with Gasteiger partial charge in [0, 0.05) is 32.8 Å². The van der Waals surface area contributed by atoms with Crippen LogP contribution >= 0.6 is 0 Å². The SMILES string of the molecule is C=C(/N=C(\C=C(/C)c1ccccc1)c1ccccc1)n1c2ccccc2c2ccc3c(c4ccccc4n3-c3ccccc3)c21. The van der Waals surface area contributed by atoms with Crippen molar-refractivity contribution in [2.75, 3.05) is 0 Å². The van der Waals surface area contributed by atoms with Crippen molar-refractivity contribution < 1.29 is 0 Å². The maximum absolute atomic E-state index is 5.31. The Bertz CT molecular complexity index is 2420. The van der Waals surface area contributed by atoms with E-state index >= 15 is 0 Å². The number of allylic oxidation sites excluding steroid dienone is 2. The van der Waals surface area contributed by atoms with E-state index in [-0.39, 0.29) is 0 Å². The molecule has 0 spiro atoms. The van der Waals surface area contributed by atoms with Crippen molar-refractivity contribution in [1.29, 1.82) is 0 Å². The number of aliphatic imine (C=N–C) groups is 1. The van der Waals surface area contributed by atoms with Crippen molar-refractivity contribution >= 4 is 60.7 Å². The first-order chi connectivity index (χ1) is 22.2. The molecule has 0 fully saturated rings. The first kappa shape index (κ1) is 26.7. The number of fused-ring (bicyclic) bond motifs is 7. The fourth-order valence-corrected chi connectivity index (χ4v) is 6.60. The van der Waals surface area contributed by atoms with Crippen LogP contribution in [-0.2, 0) is 0 Å². The largest absolute Gasteiger partial charge is 0.309 e. The van der Waals surface area contributed by atoms with E-state index in [9.17, 15) is 0 Å². The number of benzene rings is 6. The van der Waals surface area contributed by atoms with Gasteiger partial charge in [0.1, 0.15) is 5.82 Å². The number of para-hydroxylation sites is 3. The smallest absolute Gasteiger partial charge is 0.131 e. The minimum absolute atomic E-state index is 0.668. The third-order valence-corrected chi connectivity index (χ3v) is 8.64. The lowest BCUT2D eigenvalue weighted by Gasteiger charge is -2.12. The van der Waals surface area contributed by atoms with Crippen LogP contribution in [-0.4, -0.2) is 14.8 Å². The molecule has 0 aliphatic rings. The second-order valence-corrected chi connectivity index (χ2v) is 11.4. The monoisotopic (exact) mass is 577 g/mol. The molecule has 0 unspecified atom stereocenters. The average Bonchev–Trinajstić information content (AvgIpc) is 3.62. The lowest BCUT2D eigenvalue weighted by Crippen LogP contribution is -2.02. The molecular weight excluding hydrogens is 546 g/mol. The highest BCUT2D eigenvalue weighted by molar-refractivity contribution is 6.26. The van der Waals surface area contributed by atoms with E-state index in [1.807, 2.05) is 12.1 Å². The summed E-state index contributed by atoms with van der Waals surface area (Å²) >= 11 is 0. The third kappa shape index (κ3) is 4.49. The quantitative estimate of drug-likeness (QED) is 0.175. The summed E-state index contributed by atoms with van der Waals surface area (Å²) in [6, 6.07) is 53.2. The van der Waals surface area contributed by atoms with Crippen molar-refractivity contribution in [3.8, 4) is 5.69 Å². The normalized spacial score (nSPS) is 12.5. The van der Waals surface area contributed by atoms with E-state index in [4.69, 9.17) is 4.99 Å². The molecule has 0 N–H and O–H groups in total. The highest BCUT2D eigenvalue weighted by Crippen LogP contribution is 2.41. The predicted molar refractivity (Wildman–Crippen MR) is 192 cm³/mol. The molecule has 3 nitrogen and oxygen atoms in total. The Kier molecular flexibility index (Phi) is 6.50. The zero-order valence-electron chi connectivity index (χ0n) is 25.1. The highest BCUT2D eigenvalue weighted by Gasteiger charge is 2.21. The fraction of sp³-hybridized carbons (Fsp3) is 0.0238. The highest BCUT2D eigenvalue weighted by atomic mass is 15.1. The van der Waals surface area contributed by atoms with Crippen LogP contribution in [0.2, 0.25) is 0 Å². The number of nitrogens with zero attached hydrogens (tertiary/aromatic N) is 3. The van der Waals surface area contributed by atoms with E-state index in [1.54, 1.807) is 0 Å². The van der Waals surface area contributed by atoms with E-state index in [0.717, 1.165) is 39.1 Å². The Balaban J connectivity index is 1.44. The molecule has 2 heterocycles. The summed E-state index contributed by atoms with van der Waals surface area (Å²) in [6.07, 6.45) is 2.17. The number of rotatable bonds is 6. The van der Waals surface area contributed by atoms with Crippen molar-refractivity contribution in [1.82, 2.24) is 9.13 Å². The van der Waals surface area contributed by atoms with Crippen LogP contribution in [0.25, 0.3) is 60.7 Å². The van der Waals surface area contributed by atoms with Crippen LogP contribution in [0.3, 0.4) is 0 Å². The minimum atomic E-state index is 0.668. The first-order valence-electron chi connectivity index (χ1n) is 15.3. The van der Waals surface area contributed by atoms with Crippen molar-refractivity contribution in [3.05, 3.63) is 175 Å². The molecule has 0 amide bonds. The maximum Gasteiger partial charge on any atom is 0.131 e. The van der Waals surface area contributed by atoms with Crippen LogP contribution in [0.15, 0.2) is 169 Å². The molecule has 0 aliphatic heterocycles. The van der Waals surface area contributed by atoms with Gasteiger partial charge in [0.2, 0.25) is 0 Å². The summed E-state index contributed by atoms with van der Waals surface area (Å²) in [4.78, 5) is 5.31. The third-order valence-electron chi connectivity index (χ3n) is 8.64. The molecule has 3 heteroatoms. The minimum Gasteiger partial charge on any atom is -0.309 e. The molecular formula is C42H31N3. The standard InChI is InChI=1S/C42H31N3/c1-29(31-16-6-3-7-17-31)28-37(32-18-8-4-9-19-32)43-30(2)44-38-24-14-12-22-34(38)35-26-27-40-41(42(35)44)36-23-13-15-25-39(36)45(40)33-20-10-5-11-21-33/h3-28H,2H2,1H3/b29-28+,43-37+. The Labute approximate surface area is 262 Å². The van der Waals surface area contributed by atoms with Gasteiger partial charge < -0.3 is 4.57 Å². The molecule has 0 saturated heterocycles. The topological polar surface area (TPSA) is 22.2 Å². The van der Waals surface area contributed by atoms with Gasteiger partial charge in [0.05, 0.1) is 27.8 Å². The molecule has 8 rings (SSSR count). The van der Waals surface area contributed by atoms with Crippen LogP contribution in [0.5, 0.6) is 0 Å². The average molecular weight is 578 g/mol. The summed E-state index contributed by atoms with van der Waals surface area (Å²) in [7, 11) is 0. The lowest BCUT2D eigenvalue weighted by atomic mass is 10.0. The zero-order valence-corrected chi connectivity index (χ0v) is 25.1. The molecule has 0 bridgehead atoms. The Morgan fingerprint density at radius 1 is 0.556 bits per heavy atom. The van der Waals surface area contributed by atoms with Gasteiger partial charge in [-0.05, 0) is 54.5 Å². The maximum atomic E-state index is 5.31. The van der Waals surface area contributed by atoms with Crippen LogP contribution in [0.4, 0.5) is 0 Å². The van der Waals surface area contributed by atoms with Gasteiger partial charge in [-0.15, -0.1) is 0 Å². The van der Waals surface area contributed by atoms with Gasteiger partial charge in [-0.3, -0.25) is 4.57 Å². The fourth-order valence-electron chi connectivity index (χ4n) is 6.60. The van der Waals surface area contributed by atoms with Crippen molar-refractivity contribution in [3.63, 3.8) is 0 Å². The molecule has 45 heavy (non-hydrogen) atoms. The molecule has 8 aromatic rings. The molecule has 0 saturated carbocycles. The Morgan fingerprint density at radius 2 is 1.13 bits per heavy atom. The van der Waals surface area contributed by atoms with Gasteiger partial charge in [-0.25, -0.2) is 4.99 Å². The molecule has 2 aromatic heterocycles. The van der Waals surface area contributed by atoms with Gasteiger partial charge in [0.25, 0.3) is 0 Å². The molecule has 0 aliphatic carbocycles. The second-order valence-electron chi connectivity index (χ2n) is 11.4. The van der Waals surface area contributed by atoms with Gasteiger partial charge in [-0.2, -0.15) is 0 Å². The summed E-state index contributed by atoms with van der Waals surface area (Å²) in [5, 5.41) is 4.75. The van der Waals surface area contributed by atoms with E-state index in [1.165, 1.54) is 32.6 Å².